The second-order valence-electron chi connectivity index (χ2n) is 4.70. The second kappa shape index (κ2) is 7.26. The number of hydrogen-bond acceptors (Lipinski definition) is 3. The van der Waals surface area contributed by atoms with Crippen LogP contribution in [0.25, 0.3) is 0 Å². The summed E-state index contributed by atoms with van der Waals surface area (Å²) in [6.45, 7) is 2.06. The molecule has 0 aliphatic rings. The number of anilines is 2. The molecule has 2 amide bonds. The third kappa shape index (κ3) is 4.09. The van der Waals surface area contributed by atoms with Crippen molar-refractivity contribution in [2.75, 3.05) is 17.7 Å². The van der Waals surface area contributed by atoms with Gasteiger partial charge in [0.15, 0.2) is 0 Å². The Bertz CT molecular complexity index is 666. The van der Waals surface area contributed by atoms with Gasteiger partial charge in [0.1, 0.15) is 0 Å². The minimum Gasteiger partial charge on any atom is -0.465 e. The Morgan fingerprint density at radius 1 is 1.00 bits per heavy atom. The monoisotopic (exact) mass is 298 g/mol. The van der Waals surface area contributed by atoms with Crippen LogP contribution in [0.2, 0.25) is 0 Å². The van der Waals surface area contributed by atoms with Gasteiger partial charge in [0.2, 0.25) is 0 Å². The smallest absolute Gasteiger partial charge is 0.337 e. The van der Waals surface area contributed by atoms with E-state index in [0.29, 0.717) is 11.3 Å². The fourth-order valence-corrected chi connectivity index (χ4v) is 1.97. The van der Waals surface area contributed by atoms with Gasteiger partial charge in [-0.05, 0) is 48.4 Å². The number of benzene rings is 2. The van der Waals surface area contributed by atoms with E-state index in [4.69, 9.17) is 0 Å². The van der Waals surface area contributed by atoms with Crippen LogP contribution in [0.15, 0.2) is 48.5 Å². The highest BCUT2D eigenvalue weighted by atomic mass is 16.5. The highest BCUT2D eigenvalue weighted by molar-refractivity contribution is 6.00. The van der Waals surface area contributed by atoms with Gasteiger partial charge in [0.05, 0.1) is 12.7 Å². The summed E-state index contributed by atoms with van der Waals surface area (Å²) in [6, 6.07) is 13.8. The minimum absolute atomic E-state index is 0.334. The van der Waals surface area contributed by atoms with E-state index in [-0.39, 0.29) is 6.03 Å². The number of esters is 1. The van der Waals surface area contributed by atoms with Gasteiger partial charge < -0.3 is 15.4 Å². The molecule has 5 nitrogen and oxygen atoms in total. The number of carbonyl (C=O) groups excluding carboxylic acids is 2. The van der Waals surface area contributed by atoms with E-state index < -0.39 is 5.97 Å². The molecule has 0 saturated heterocycles. The summed E-state index contributed by atoms with van der Waals surface area (Å²) in [5.74, 6) is -0.410. The van der Waals surface area contributed by atoms with E-state index in [2.05, 4.69) is 22.3 Å². The zero-order valence-electron chi connectivity index (χ0n) is 12.6. The average Bonchev–Trinajstić information content (AvgIpc) is 2.55. The molecule has 2 aromatic rings. The third-order valence-corrected chi connectivity index (χ3v) is 3.16. The second-order valence-corrected chi connectivity index (χ2v) is 4.70. The van der Waals surface area contributed by atoms with Crippen LogP contribution in [0.4, 0.5) is 16.2 Å². The Kier molecular flexibility index (Phi) is 5.14. The molecule has 0 heterocycles. The number of urea groups is 1. The molecule has 0 saturated carbocycles. The van der Waals surface area contributed by atoms with Crippen molar-refractivity contribution in [3.05, 3.63) is 59.7 Å². The van der Waals surface area contributed by atoms with Crippen molar-refractivity contribution >= 4 is 23.4 Å². The Balaban J connectivity index is 1.98. The van der Waals surface area contributed by atoms with Gasteiger partial charge in [0, 0.05) is 11.4 Å². The number of amides is 2. The number of rotatable bonds is 4. The molecule has 0 unspecified atom stereocenters. The Hall–Kier alpha value is -2.82. The summed E-state index contributed by atoms with van der Waals surface area (Å²) in [4.78, 5) is 23.3. The van der Waals surface area contributed by atoms with Crippen molar-refractivity contribution < 1.29 is 14.3 Å². The zero-order valence-corrected chi connectivity index (χ0v) is 12.6. The molecule has 114 valence electrons. The molecule has 0 radical (unpaired) electrons. The first-order chi connectivity index (χ1) is 10.6. The molecule has 2 N–H and O–H groups in total. The maximum absolute atomic E-state index is 11.9. The molecule has 0 spiro atoms. The lowest BCUT2D eigenvalue weighted by Gasteiger charge is -2.09. The van der Waals surface area contributed by atoms with Crippen molar-refractivity contribution in [2.45, 2.75) is 13.3 Å². The molecule has 0 fully saturated rings. The zero-order chi connectivity index (χ0) is 15.9. The number of carbonyl (C=O) groups is 2. The Morgan fingerprint density at radius 3 is 2.32 bits per heavy atom. The van der Waals surface area contributed by atoms with Crippen LogP contribution in [0.5, 0.6) is 0 Å². The van der Waals surface area contributed by atoms with Crippen molar-refractivity contribution in [1.82, 2.24) is 0 Å². The van der Waals surface area contributed by atoms with Crippen LogP contribution in [0.3, 0.4) is 0 Å². The van der Waals surface area contributed by atoms with Gasteiger partial charge in [-0.3, -0.25) is 0 Å². The van der Waals surface area contributed by atoms with Crippen LogP contribution in [-0.4, -0.2) is 19.1 Å². The molecule has 5 heteroatoms. The van der Waals surface area contributed by atoms with E-state index in [0.717, 1.165) is 17.7 Å². The lowest BCUT2D eigenvalue weighted by atomic mass is 10.1. The summed E-state index contributed by atoms with van der Waals surface area (Å²) < 4.78 is 4.62. The predicted molar refractivity (Wildman–Crippen MR) is 86.2 cm³/mol. The first-order valence-electron chi connectivity index (χ1n) is 6.97. The standard InChI is InChI=1S/C17H18N2O3/c1-3-12-5-4-6-15(11-12)19-17(21)18-14-9-7-13(8-10-14)16(20)22-2/h4-11H,3H2,1-2H3,(H2,18,19,21). The van der Waals surface area contributed by atoms with Gasteiger partial charge >= 0.3 is 12.0 Å². The lowest BCUT2D eigenvalue weighted by Crippen LogP contribution is -2.19. The quantitative estimate of drug-likeness (QED) is 0.846. The average molecular weight is 298 g/mol. The van der Waals surface area contributed by atoms with Gasteiger partial charge in [-0.15, -0.1) is 0 Å². The highest BCUT2D eigenvalue weighted by Crippen LogP contribution is 2.13. The normalized spacial score (nSPS) is 9.91. The minimum atomic E-state index is -0.410. The van der Waals surface area contributed by atoms with Crippen molar-refractivity contribution in [3.63, 3.8) is 0 Å². The van der Waals surface area contributed by atoms with Crippen LogP contribution in [-0.2, 0) is 11.2 Å². The summed E-state index contributed by atoms with van der Waals surface area (Å²) in [5.41, 5.74) is 2.92. The highest BCUT2D eigenvalue weighted by Gasteiger charge is 2.06. The first-order valence-corrected chi connectivity index (χ1v) is 6.97. The van der Waals surface area contributed by atoms with E-state index in [1.165, 1.54) is 7.11 Å². The molecule has 2 aromatic carbocycles. The fourth-order valence-electron chi connectivity index (χ4n) is 1.97. The van der Waals surface area contributed by atoms with Crippen molar-refractivity contribution in [2.24, 2.45) is 0 Å². The fraction of sp³-hybridized carbons (Fsp3) is 0.176. The number of methoxy groups -OCH3 is 1. The molecule has 0 aliphatic heterocycles. The summed E-state index contributed by atoms with van der Waals surface area (Å²) in [7, 11) is 1.33. The SMILES string of the molecule is CCc1cccc(NC(=O)Nc2ccc(C(=O)OC)cc2)c1. The van der Waals surface area contributed by atoms with Crippen LogP contribution >= 0.6 is 0 Å². The molecule has 2 rings (SSSR count). The molecular formula is C17H18N2O3. The predicted octanol–water partition coefficient (Wildman–Crippen LogP) is 3.68. The van der Waals surface area contributed by atoms with E-state index in [1.54, 1.807) is 24.3 Å². The number of nitrogens with one attached hydrogen (secondary N) is 2. The molecule has 22 heavy (non-hydrogen) atoms. The van der Waals surface area contributed by atoms with E-state index in [1.807, 2.05) is 24.3 Å². The maximum Gasteiger partial charge on any atom is 0.337 e. The number of ether oxygens (including phenoxy) is 1. The topological polar surface area (TPSA) is 67.4 Å². The first kappa shape index (κ1) is 15.6. The van der Waals surface area contributed by atoms with Gasteiger partial charge in [-0.25, -0.2) is 9.59 Å². The molecule has 0 aromatic heterocycles. The number of hydrogen-bond donors (Lipinski definition) is 2. The van der Waals surface area contributed by atoms with Crippen molar-refractivity contribution in [3.8, 4) is 0 Å². The largest absolute Gasteiger partial charge is 0.465 e. The van der Waals surface area contributed by atoms with Gasteiger partial charge in [-0.1, -0.05) is 19.1 Å². The van der Waals surface area contributed by atoms with Crippen LogP contribution in [0, 0.1) is 0 Å². The molecule has 0 atom stereocenters. The molecule has 0 bridgehead atoms. The summed E-state index contributed by atoms with van der Waals surface area (Å²) in [5, 5.41) is 5.48. The van der Waals surface area contributed by atoms with Crippen LogP contribution in [0.1, 0.15) is 22.8 Å². The van der Waals surface area contributed by atoms with Crippen molar-refractivity contribution in [1.29, 1.82) is 0 Å². The van der Waals surface area contributed by atoms with Gasteiger partial charge in [-0.2, -0.15) is 0 Å². The summed E-state index contributed by atoms with van der Waals surface area (Å²) in [6.07, 6.45) is 0.909. The van der Waals surface area contributed by atoms with E-state index >= 15 is 0 Å². The number of aryl methyl sites for hydroxylation is 1. The Labute approximate surface area is 129 Å². The summed E-state index contributed by atoms with van der Waals surface area (Å²) >= 11 is 0. The van der Waals surface area contributed by atoms with Gasteiger partial charge in [0.25, 0.3) is 0 Å². The van der Waals surface area contributed by atoms with E-state index in [9.17, 15) is 9.59 Å². The Morgan fingerprint density at radius 2 is 1.68 bits per heavy atom. The maximum atomic E-state index is 11.9. The third-order valence-electron chi connectivity index (χ3n) is 3.16. The lowest BCUT2D eigenvalue weighted by molar-refractivity contribution is 0.0601. The molecule has 0 aliphatic carbocycles. The molecular weight excluding hydrogens is 280 g/mol. The van der Waals surface area contributed by atoms with Crippen LogP contribution < -0.4 is 10.6 Å².